The van der Waals surface area contributed by atoms with Crippen molar-refractivity contribution in [1.82, 2.24) is 10.6 Å². The highest BCUT2D eigenvalue weighted by molar-refractivity contribution is 5.86. The highest BCUT2D eigenvalue weighted by Crippen LogP contribution is 2.18. The van der Waals surface area contributed by atoms with Crippen molar-refractivity contribution in [1.29, 1.82) is 0 Å². The first-order valence-electron chi connectivity index (χ1n) is 13.1. The maximum Gasteiger partial charge on any atom is 0.305 e. The van der Waals surface area contributed by atoms with Crippen LogP contribution >= 0.6 is 0 Å². The fraction of sp³-hybridized carbons (Fsp3) is 0.387. The molecule has 0 aliphatic carbocycles. The zero-order chi connectivity index (χ0) is 27.6. The standard InChI is InChI=1S/C31H40N2O5/c1-3-5-6-13-19-30(36)38-23-28(25-17-11-8-12-18-25)33-31(37)26(14-4-2)21-29(35)32-27(22-34)20-24-15-9-7-10-16-24/h3-4,7-12,15-18,26-28,34H,1-2,5-6,13-14,19-23H2,(H,32,35)(H,33,37)/t26-,27-,28-/m1/s1. The van der Waals surface area contributed by atoms with Crippen LogP contribution in [0.4, 0.5) is 0 Å². The summed E-state index contributed by atoms with van der Waals surface area (Å²) in [5.41, 5.74) is 1.79. The summed E-state index contributed by atoms with van der Waals surface area (Å²) < 4.78 is 5.48. The molecule has 0 spiro atoms. The average Bonchev–Trinajstić information content (AvgIpc) is 2.93. The summed E-state index contributed by atoms with van der Waals surface area (Å²) in [6.45, 7) is 7.19. The van der Waals surface area contributed by atoms with E-state index >= 15 is 0 Å². The van der Waals surface area contributed by atoms with Gasteiger partial charge >= 0.3 is 5.97 Å². The fourth-order valence-corrected chi connectivity index (χ4v) is 4.06. The Morgan fingerprint density at radius 3 is 2.24 bits per heavy atom. The summed E-state index contributed by atoms with van der Waals surface area (Å²) in [5, 5.41) is 15.5. The van der Waals surface area contributed by atoms with Crippen molar-refractivity contribution < 1.29 is 24.2 Å². The van der Waals surface area contributed by atoms with Gasteiger partial charge in [0.15, 0.2) is 0 Å². The summed E-state index contributed by atoms with van der Waals surface area (Å²) in [5.74, 6) is -1.65. The second kappa shape index (κ2) is 17.7. The Bertz CT molecular complexity index is 1010. The van der Waals surface area contributed by atoms with Crippen molar-refractivity contribution in [2.75, 3.05) is 13.2 Å². The minimum absolute atomic E-state index is 0.00723. The van der Waals surface area contributed by atoms with Crippen molar-refractivity contribution in [2.45, 2.75) is 57.0 Å². The third kappa shape index (κ3) is 11.6. The van der Waals surface area contributed by atoms with Crippen LogP contribution in [0.15, 0.2) is 86.0 Å². The summed E-state index contributed by atoms with van der Waals surface area (Å²) in [6, 6.07) is 17.8. The fourth-order valence-electron chi connectivity index (χ4n) is 4.06. The molecule has 38 heavy (non-hydrogen) atoms. The van der Waals surface area contributed by atoms with E-state index in [2.05, 4.69) is 23.8 Å². The van der Waals surface area contributed by atoms with E-state index in [1.165, 1.54) is 0 Å². The van der Waals surface area contributed by atoms with Gasteiger partial charge in [-0.15, -0.1) is 13.2 Å². The van der Waals surface area contributed by atoms with Crippen molar-refractivity contribution >= 4 is 17.8 Å². The second-order valence-electron chi connectivity index (χ2n) is 9.25. The number of carbonyl (C=O) groups is 3. The number of benzene rings is 2. The summed E-state index contributed by atoms with van der Waals surface area (Å²) in [6.07, 6.45) is 6.87. The molecule has 0 heterocycles. The Morgan fingerprint density at radius 2 is 1.61 bits per heavy atom. The Balaban J connectivity index is 1.99. The molecule has 204 valence electrons. The number of aliphatic hydroxyl groups is 1. The van der Waals surface area contributed by atoms with E-state index in [-0.39, 0.29) is 37.4 Å². The van der Waals surface area contributed by atoms with Gasteiger partial charge in [-0.25, -0.2) is 0 Å². The first kappa shape index (κ1) is 30.5. The molecular formula is C31H40N2O5. The molecule has 0 unspecified atom stereocenters. The number of nitrogens with one attached hydrogen (secondary N) is 2. The quantitative estimate of drug-likeness (QED) is 0.153. The molecule has 2 rings (SSSR count). The van der Waals surface area contributed by atoms with Gasteiger partial charge in [-0.05, 0) is 43.2 Å². The molecule has 0 saturated carbocycles. The number of amides is 2. The van der Waals surface area contributed by atoms with Crippen LogP contribution in [0.2, 0.25) is 0 Å². The topological polar surface area (TPSA) is 105 Å². The highest BCUT2D eigenvalue weighted by Gasteiger charge is 2.25. The molecule has 2 aromatic rings. The Kier molecular flexibility index (Phi) is 14.2. The molecule has 2 aromatic carbocycles. The summed E-state index contributed by atoms with van der Waals surface area (Å²) in [4.78, 5) is 38.3. The first-order valence-corrected chi connectivity index (χ1v) is 13.1. The largest absolute Gasteiger partial charge is 0.463 e. The van der Waals surface area contributed by atoms with E-state index in [0.717, 1.165) is 24.0 Å². The third-order valence-corrected chi connectivity index (χ3v) is 6.13. The lowest BCUT2D eigenvalue weighted by atomic mass is 9.98. The van der Waals surface area contributed by atoms with Crippen molar-refractivity contribution in [3.8, 4) is 0 Å². The first-order chi connectivity index (χ1) is 18.5. The normalized spacial score (nSPS) is 13.0. The smallest absolute Gasteiger partial charge is 0.305 e. The van der Waals surface area contributed by atoms with Gasteiger partial charge < -0.3 is 20.5 Å². The lowest BCUT2D eigenvalue weighted by Gasteiger charge is -2.23. The number of esters is 1. The number of ether oxygens (including phenoxy) is 1. The van der Waals surface area contributed by atoms with Gasteiger partial charge in [0.25, 0.3) is 0 Å². The molecule has 7 nitrogen and oxygen atoms in total. The lowest BCUT2D eigenvalue weighted by molar-refractivity contribution is -0.145. The van der Waals surface area contributed by atoms with Crippen molar-refractivity contribution in [3.05, 3.63) is 97.1 Å². The van der Waals surface area contributed by atoms with Crippen LogP contribution in [0, 0.1) is 5.92 Å². The number of allylic oxidation sites excluding steroid dienone is 2. The Labute approximate surface area is 226 Å². The van der Waals surface area contributed by atoms with E-state index in [9.17, 15) is 19.5 Å². The van der Waals surface area contributed by atoms with E-state index in [1.54, 1.807) is 6.08 Å². The zero-order valence-electron chi connectivity index (χ0n) is 22.0. The third-order valence-electron chi connectivity index (χ3n) is 6.13. The van der Waals surface area contributed by atoms with Crippen LogP contribution in [0.25, 0.3) is 0 Å². The van der Waals surface area contributed by atoms with Crippen LogP contribution in [-0.4, -0.2) is 42.1 Å². The van der Waals surface area contributed by atoms with E-state index in [4.69, 9.17) is 4.74 Å². The predicted molar refractivity (Wildman–Crippen MR) is 149 cm³/mol. The number of aliphatic hydroxyl groups excluding tert-OH is 1. The molecule has 0 fully saturated rings. The molecule has 0 aromatic heterocycles. The minimum Gasteiger partial charge on any atom is -0.463 e. The van der Waals surface area contributed by atoms with Gasteiger partial charge in [-0.3, -0.25) is 14.4 Å². The molecule has 0 aliphatic rings. The van der Waals surface area contributed by atoms with Crippen LogP contribution in [0.3, 0.4) is 0 Å². The molecule has 0 aliphatic heterocycles. The summed E-state index contributed by atoms with van der Waals surface area (Å²) >= 11 is 0. The van der Waals surface area contributed by atoms with Crippen LogP contribution in [-0.2, 0) is 25.5 Å². The molecule has 3 N–H and O–H groups in total. The average molecular weight is 521 g/mol. The van der Waals surface area contributed by atoms with Crippen LogP contribution < -0.4 is 10.6 Å². The minimum atomic E-state index is -0.663. The number of hydrogen-bond acceptors (Lipinski definition) is 5. The monoisotopic (exact) mass is 520 g/mol. The maximum absolute atomic E-state index is 13.2. The van der Waals surface area contributed by atoms with Crippen molar-refractivity contribution in [3.63, 3.8) is 0 Å². The van der Waals surface area contributed by atoms with Crippen molar-refractivity contribution in [2.24, 2.45) is 5.92 Å². The number of unbranched alkanes of at least 4 members (excludes halogenated alkanes) is 2. The Morgan fingerprint density at radius 1 is 0.921 bits per heavy atom. The molecule has 3 atom stereocenters. The molecular weight excluding hydrogens is 480 g/mol. The molecule has 7 heteroatoms. The van der Waals surface area contributed by atoms with E-state index in [0.29, 0.717) is 25.7 Å². The van der Waals surface area contributed by atoms with Gasteiger partial charge in [0.1, 0.15) is 6.61 Å². The summed E-state index contributed by atoms with van der Waals surface area (Å²) in [7, 11) is 0. The number of rotatable bonds is 18. The lowest BCUT2D eigenvalue weighted by Crippen LogP contribution is -2.42. The van der Waals surface area contributed by atoms with Crippen LogP contribution in [0.1, 0.15) is 55.7 Å². The van der Waals surface area contributed by atoms with Gasteiger partial charge in [0, 0.05) is 12.8 Å². The Hall–Kier alpha value is -3.71. The van der Waals surface area contributed by atoms with Gasteiger partial charge in [-0.2, -0.15) is 0 Å². The number of carbonyl (C=O) groups excluding carboxylic acids is 3. The maximum atomic E-state index is 13.2. The molecule has 0 radical (unpaired) electrons. The van der Waals surface area contributed by atoms with Crippen LogP contribution in [0.5, 0.6) is 0 Å². The van der Waals surface area contributed by atoms with E-state index < -0.39 is 18.0 Å². The SMILES string of the molecule is C=CCCCCC(=O)OC[C@@H](NC(=O)[C@H](CC=C)CC(=O)N[C@@H](CO)Cc1ccccc1)c1ccccc1. The predicted octanol–water partition coefficient (Wildman–Crippen LogP) is 4.44. The second-order valence-corrected chi connectivity index (χ2v) is 9.25. The van der Waals surface area contributed by atoms with Gasteiger partial charge in [0.05, 0.1) is 24.6 Å². The highest BCUT2D eigenvalue weighted by atomic mass is 16.5. The zero-order valence-corrected chi connectivity index (χ0v) is 22.0. The molecule has 0 saturated heterocycles. The van der Waals surface area contributed by atoms with Gasteiger partial charge in [-0.1, -0.05) is 72.8 Å². The molecule has 0 bridgehead atoms. The van der Waals surface area contributed by atoms with E-state index in [1.807, 2.05) is 66.7 Å². The molecule has 2 amide bonds. The van der Waals surface area contributed by atoms with Gasteiger partial charge in [0.2, 0.25) is 11.8 Å². The number of hydrogen-bond donors (Lipinski definition) is 3.